The molecule has 1 aromatic carbocycles. The number of nitrogens with one attached hydrogen (secondary N) is 3. The van der Waals surface area contributed by atoms with Crippen molar-refractivity contribution in [2.45, 2.75) is 25.7 Å². The Morgan fingerprint density at radius 2 is 2.18 bits per heavy atom. The first-order valence-electron chi connectivity index (χ1n) is 7.64. The molecule has 0 spiro atoms. The van der Waals surface area contributed by atoms with Crippen LogP contribution in [-0.4, -0.2) is 31.4 Å². The normalized spacial score (nSPS) is 19.8. The average molecular weight is 324 g/mol. The predicted molar refractivity (Wildman–Crippen MR) is 88.6 cm³/mol. The molecule has 2 aliphatic heterocycles. The van der Waals surface area contributed by atoms with Gasteiger partial charge in [-0.25, -0.2) is 0 Å². The van der Waals surface area contributed by atoms with Crippen LogP contribution in [0.15, 0.2) is 18.2 Å². The van der Waals surface area contributed by atoms with Gasteiger partial charge in [0.05, 0.1) is 0 Å². The van der Waals surface area contributed by atoms with Crippen molar-refractivity contribution in [1.29, 1.82) is 0 Å². The zero-order valence-corrected chi connectivity index (χ0v) is 13.3. The minimum atomic E-state index is -0.0272. The monoisotopic (exact) mass is 323 g/mol. The van der Waals surface area contributed by atoms with Gasteiger partial charge in [0.15, 0.2) is 0 Å². The molecular formula is C16H22ClN3O2. The molecule has 2 aliphatic rings. The molecule has 2 amide bonds. The van der Waals surface area contributed by atoms with Crippen LogP contribution in [0.1, 0.15) is 35.2 Å². The van der Waals surface area contributed by atoms with E-state index in [1.807, 2.05) is 12.1 Å². The highest BCUT2D eigenvalue weighted by Gasteiger charge is 2.17. The highest BCUT2D eigenvalue weighted by atomic mass is 35.5. The predicted octanol–water partition coefficient (Wildman–Crippen LogP) is 1.72. The molecular weight excluding hydrogens is 302 g/mol. The number of amides is 2. The van der Waals surface area contributed by atoms with Crippen LogP contribution >= 0.6 is 12.4 Å². The van der Waals surface area contributed by atoms with Gasteiger partial charge in [0.1, 0.15) is 0 Å². The fourth-order valence-corrected chi connectivity index (χ4v) is 2.98. The molecule has 1 saturated heterocycles. The number of anilines is 1. The van der Waals surface area contributed by atoms with E-state index in [0.717, 1.165) is 37.3 Å². The molecule has 22 heavy (non-hydrogen) atoms. The lowest BCUT2D eigenvalue weighted by atomic mass is 10.00. The first-order valence-corrected chi connectivity index (χ1v) is 7.64. The third-order valence-electron chi connectivity index (χ3n) is 4.26. The zero-order chi connectivity index (χ0) is 14.7. The number of fused-ring (bicyclic) bond motifs is 1. The summed E-state index contributed by atoms with van der Waals surface area (Å²) in [5.74, 6) is 0.703. The minimum absolute atomic E-state index is 0. The van der Waals surface area contributed by atoms with Gasteiger partial charge < -0.3 is 16.0 Å². The first-order chi connectivity index (χ1) is 10.2. The third-order valence-corrected chi connectivity index (χ3v) is 4.26. The summed E-state index contributed by atoms with van der Waals surface area (Å²) in [5.41, 5.74) is 2.55. The van der Waals surface area contributed by atoms with E-state index in [1.165, 1.54) is 6.42 Å². The maximum atomic E-state index is 12.2. The molecule has 1 atom stereocenters. The molecule has 0 radical (unpaired) electrons. The van der Waals surface area contributed by atoms with E-state index in [2.05, 4.69) is 16.0 Å². The van der Waals surface area contributed by atoms with Gasteiger partial charge in [-0.05, 0) is 62.0 Å². The number of halogens is 1. The Bertz CT molecular complexity index is 556. The second-order valence-electron chi connectivity index (χ2n) is 5.82. The van der Waals surface area contributed by atoms with E-state index in [9.17, 15) is 9.59 Å². The number of carbonyl (C=O) groups excluding carboxylic acids is 2. The molecule has 1 aromatic rings. The van der Waals surface area contributed by atoms with Crippen LogP contribution in [-0.2, 0) is 11.2 Å². The van der Waals surface area contributed by atoms with Crippen LogP contribution in [0, 0.1) is 5.92 Å². The van der Waals surface area contributed by atoms with E-state index in [-0.39, 0.29) is 24.2 Å². The molecule has 0 aliphatic carbocycles. The lowest BCUT2D eigenvalue weighted by Crippen LogP contribution is -2.27. The topological polar surface area (TPSA) is 70.2 Å². The average Bonchev–Trinajstić information content (AvgIpc) is 3.00. The molecule has 3 rings (SSSR count). The summed E-state index contributed by atoms with van der Waals surface area (Å²) in [6, 6.07) is 5.49. The molecule has 5 nitrogen and oxygen atoms in total. The summed E-state index contributed by atoms with van der Waals surface area (Å²) in [7, 11) is 0. The number of aryl methyl sites for hydroxylation is 1. The summed E-state index contributed by atoms with van der Waals surface area (Å²) < 4.78 is 0. The second-order valence-corrected chi connectivity index (χ2v) is 5.82. The highest BCUT2D eigenvalue weighted by molar-refractivity contribution is 5.97. The summed E-state index contributed by atoms with van der Waals surface area (Å²) in [4.78, 5) is 23.5. The summed E-state index contributed by atoms with van der Waals surface area (Å²) in [6.07, 6.45) is 3.43. The van der Waals surface area contributed by atoms with Gasteiger partial charge in [-0.1, -0.05) is 0 Å². The summed E-state index contributed by atoms with van der Waals surface area (Å²) >= 11 is 0. The van der Waals surface area contributed by atoms with Crippen LogP contribution in [0.2, 0.25) is 0 Å². The lowest BCUT2D eigenvalue weighted by molar-refractivity contribution is -0.116. The molecule has 1 fully saturated rings. The van der Waals surface area contributed by atoms with Gasteiger partial charge in [-0.3, -0.25) is 9.59 Å². The second kappa shape index (κ2) is 7.61. The van der Waals surface area contributed by atoms with Crippen molar-refractivity contribution in [1.82, 2.24) is 10.6 Å². The summed E-state index contributed by atoms with van der Waals surface area (Å²) in [5, 5.41) is 9.15. The summed E-state index contributed by atoms with van der Waals surface area (Å²) in [6.45, 7) is 2.88. The fraction of sp³-hybridized carbons (Fsp3) is 0.500. The minimum Gasteiger partial charge on any atom is -0.352 e. The maximum absolute atomic E-state index is 12.2. The Morgan fingerprint density at radius 3 is 2.95 bits per heavy atom. The van der Waals surface area contributed by atoms with Gasteiger partial charge >= 0.3 is 0 Å². The van der Waals surface area contributed by atoms with Crippen molar-refractivity contribution in [3.05, 3.63) is 29.3 Å². The lowest BCUT2D eigenvalue weighted by Gasteiger charge is -2.17. The van der Waals surface area contributed by atoms with E-state index in [0.29, 0.717) is 24.3 Å². The first kappa shape index (κ1) is 16.8. The Balaban J connectivity index is 0.00000176. The molecule has 0 bridgehead atoms. The molecule has 6 heteroatoms. The van der Waals surface area contributed by atoms with E-state index >= 15 is 0 Å². The fourth-order valence-electron chi connectivity index (χ4n) is 2.98. The zero-order valence-electron chi connectivity index (χ0n) is 12.5. The van der Waals surface area contributed by atoms with Crippen LogP contribution in [0.5, 0.6) is 0 Å². The Kier molecular flexibility index (Phi) is 5.80. The van der Waals surface area contributed by atoms with Crippen molar-refractivity contribution in [3.63, 3.8) is 0 Å². The molecule has 1 unspecified atom stereocenters. The number of hydrogen-bond donors (Lipinski definition) is 3. The van der Waals surface area contributed by atoms with Crippen molar-refractivity contribution in [2.24, 2.45) is 5.92 Å². The number of benzene rings is 1. The largest absolute Gasteiger partial charge is 0.352 e. The van der Waals surface area contributed by atoms with Gasteiger partial charge in [-0.2, -0.15) is 0 Å². The van der Waals surface area contributed by atoms with Crippen LogP contribution in [0.3, 0.4) is 0 Å². The van der Waals surface area contributed by atoms with Gasteiger partial charge in [0.25, 0.3) is 5.91 Å². The highest BCUT2D eigenvalue weighted by Crippen LogP contribution is 2.23. The standard InChI is InChI=1S/C16H21N3O2.ClH/c20-15-4-2-12-9-13(1-3-14(12)19-15)16(21)18-8-6-11-5-7-17-10-11;/h1,3,9,11,17H,2,4-8,10H2,(H,18,21)(H,19,20);1H. The third kappa shape index (κ3) is 3.99. The Hall–Kier alpha value is -1.59. The number of rotatable bonds is 4. The maximum Gasteiger partial charge on any atom is 0.251 e. The van der Waals surface area contributed by atoms with Crippen LogP contribution in [0.25, 0.3) is 0 Å². The number of hydrogen-bond acceptors (Lipinski definition) is 3. The SMILES string of the molecule is Cl.O=C1CCc2cc(C(=O)NCCC3CCNC3)ccc2N1. The van der Waals surface area contributed by atoms with E-state index in [4.69, 9.17) is 0 Å². The molecule has 0 aromatic heterocycles. The number of carbonyl (C=O) groups is 2. The quantitative estimate of drug-likeness (QED) is 0.790. The van der Waals surface area contributed by atoms with Crippen molar-refractivity contribution in [2.75, 3.05) is 25.0 Å². The Morgan fingerprint density at radius 1 is 1.32 bits per heavy atom. The smallest absolute Gasteiger partial charge is 0.251 e. The van der Waals surface area contributed by atoms with Gasteiger partial charge in [0.2, 0.25) is 5.91 Å². The molecule has 3 N–H and O–H groups in total. The molecule has 2 heterocycles. The van der Waals surface area contributed by atoms with Gasteiger partial charge in [0, 0.05) is 24.2 Å². The van der Waals surface area contributed by atoms with Crippen molar-refractivity contribution < 1.29 is 9.59 Å². The van der Waals surface area contributed by atoms with Gasteiger partial charge in [-0.15, -0.1) is 12.4 Å². The van der Waals surface area contributed by atoms with E-state index in [1.54, 1.807) is 6.07 Å². The van der Waals surface area contributed by atoms with Crippen molar-refractivity contribution in [3.8, 4) is 0 Å². The Labute approximate surface area is 136 Å². The van der Waals surface area contributed by atoms with E-state index < -0.39 is 0 Å². The molecule has 120 valence electrons. The van der Waals surface area contributed by atoms with Crippen molar-refractivity contribution >= 4 is 29.9 Å². The molecule has 0 saturated carbocycles. The van der Waals surface area contributed by atoms with Crippen LogP contribution < -0.4 is 16.0 Å². The van der Waals surface area contributed by atoms with Crippen LogP contribution in [0.4, 0.5) is 5.69 Å².